The molecule has 0 aliphatic carbocycles. The highest BCUT2D eigenvalue weighted by atomic mass is 16.5. The zero-order valence-corrected chi connectivity index (χ0v) is 14.2. The first-order valence-corrected chi connectivity index (χ1v) is 7.80. The Balaban J connectivity index is 1.83. The summed E-state index contributed by atoms with van der Waals surface area (Å²) in [4.78, 5) is 49.7. The van der Waals surface area contributed by atoms with E-state index in [1.807, 2.05) is 4.98 Å². The van der Waals surface area contributed by atoms with Crippen molar-refractivity contribution in [1.82, 2.24) is 9.55 Å². The van der Waals surface area contributed by atoms with Crippen molar-refractivity contribution in [2.24, 2.45) is 7.05 Å². The van der Waals surface area contributed by atoms with Gasteiger partial charge < -0.3 is 15.6 Å². The molecule has 9 heteroatoms. The van der Waals surface area contributed by atoms with Gasteiger partial charge in [-0.3, -0.25) is 19.1 Å². The number of Topliss-reactive ketones (excluding diaryl/α,β-unsaturated/α-hetero) is 1. The van der Waals surface area contributed by atoms with Gasteiger partial charge in [0, 0.05) is 7.05 Å². The number of H-pyrrole nitrogens is 1. The maximum atomic E-state index is 12.2. The third-order valence-corrected chi connectivity index (χ3v) is 4.07. The van der Waals surface area contributed by atoms with Crippen LogP contribution in [0.25, 0.3) is 10.8 Å². The number of nitrogens with one attached hydrogen (secondary N) is 1. The lowest BCUT2D eigenvalue weighted by molar-refractivity contribution is 0.0471. The Hall–Kier alpha value is -3.88. The highest BCUT2D eigenvalue weighted by Crippen LogP contribution is 2.25. The third-order valence-electron chi connectivity index (χ3n) is 4.07. The number of nitrogen functional groups attached to an aromatic ring is 1. The molecule has 0 unspecified atom stereocenters. The summed E-state index contributed by atoms with van der Waals surface area (Å²) in [6, 6.07) is 9.92. The molecule has 0 bridgehead atoms. The van der Waals surface area contributed by atoms with Crippen molar-refractivity contribution >= 4 is 28.3 Å². The van der Waals surface area contributed by atoms with E-state index in [0.717, 1.165) is 9.95 Å². The Morgan fingerprint density at radius 2 is 1.81 bits per heavy atom. The standard InChI is InChI=1S/C18H15N3O6/c1-21-15(19)14(16(24)20-18(21)26)13(23)8-27-17(25)11-6-9-4-2-3-5-10(9)7-12(11)22/h2-7,22H,8,19H2,1H3,(H,20,24,26). The highest BCUT2D eigenvalue weighted by molar-refractivity contribution is 6.03. The average molecular weight is 369 g/mol. The number of benzene rings is 2. The molecule has 3 aromatic rings. The minimum atomic E-state index is -0.967. The van der Waals surface area contributed by atoms with Gasteiger partial charge in [0.15, 0.2) is 6.61 Å². The van der Waals surface area contributed by atoms with E-state index in [-0.39, 0.29) is 17.1 Å². The van der Waals surface area contributed by atoms with Crippen LogP contribution < -0.4 is 17.0 Å². The number of aromatic hydroxyl groups is 1. The van der Waals surface area contributed by atoms with Crippen LogP contribution in [0.2, 0.25) is 0 Å². The lowest BCUT2D eigenvalue weighted by atomic mass is 10.1. The summed E-state index contributed by atoms with van der Waals surface area (Å²) in [6.07, 6.45) is 0. The number of aromatic nitrogens is 2. The Bertz CT molecular complexity index is 1190. The number of carbonyl (C=O) groups excluding carboxylic acids is 2. The predicted molar refractivity (Wildman–Crippen MR) is 96.9 cm³/mol. The summed E-state index contributed by atoms with van der Waals surface area (Å²) < 4.78 is 5.80. The van der Waals surface area contributed by atoms with Gasteiger partial charge in [-0.1, -0.05) is 24.3 Å². The van der Waals surface area contributed by atoms with Gasteiger partial charge in [0.1, 0.15) is 22.7 Å². The van der Waals surface area contributed by atoms with Gasteiger partial charge in [0.2, 0.25) is 5.78 Å². The Kier molecular flexibility index (Phi) is 4.51. The second kappa shape index (κ2) is 6.79. The van der Waals surface area contributed by atoms with Crippen molar-refractivity contribution in [2.75, 3.05) is 12.3 Å². The van der Waals surface area contributed by atoms with E-state index in [1.165, 1.54) is 19.2 Å². The Morgan fingerprint density at radius 1 is 1.19 bits per heavy atom. The highest BCUT2D eigenvalue weighted by Gasteiger charge is 2.21. The third kappa shape index (κ3) is 3.30. The van der Waals surface area contributed by atoms with Crippen molar-refractivity contribution in [3.8, 4) is 5.75 Å². The van der Waals surface area contributed by atoms with Crippen LogP contribution in [0.15, 0.2) is 46.0 Å². The number of phenols is 1. The minimum Gasteiger partial charge on any atom is -0.507 e. The lowest BCUT2D eigenvalue weighted by Crippen LogP contribution is -2.35. The summed E-state index contributed by atoms with van der Waals surface area (Å²) in [6.45, 7) is -0.781. The number of nitrogens with two attached hydrogens (primary N) is 1. The maximum absolute atomic E-state index is 12.2. The van der Waals surface area contributed by atoms with Gasteiger partial charge in [0.05, 0.1) is 0 Å². The van der Waals surface area contributed by atoms with Crippen molar-refractivity contribution < 1.29 is 19.4 Å². The molecule has 138 valence electrons. The maximum Gasteiger partial charge on any atom is 0.342 e. The van der Waals surface area contributed by atoms with E-state index >= 15 is 0 Å². The molecule has 0 spiro atoms. The molecule has 0 atom stereocenters. The number of nitrogens with zero attached hydrogens (tertiary/aromatic N) is 1. The van der Waals surface area contributed by atoms with Gasteiger partial charge in [-0.15, -0.1) is 0 Å². The monoisotopic (exact) mass is 369 g/mol. The van der Waals surface area contributed by atoms with Crippen LogP contribution in [-0.2, 0) is 11.8 Å². The number of rotatable bonds is 4. The summed E-state index contributed by atoms with van der Waals surface area (Å²) in [5.41, 5.74) is 3.29. The van der Waals surface area contributed by atoms with Gasteiger partial charge in [-0.05, 0) is 22.9 Å². The largest absolute Gasteiger partial charge is 0.507 e. The Morgan fingerprint density at radius 3 is 2.48 bits per heavy atom. The van der Waals surface area contributed by atoms with Gasteiger partial charge in [0.25, 0.3) is 5.56 Å². The zero-order valence-electron chi connectivity index (χ0n) is 14.2. The summed E-state index contributed by atoms with van der Waals surface area (Å²) in [5.74, 6) is -2.45. The number of ether oxygens (including phenoxy) is 1. The molecule has 1 heterocycles. The van der Waals surface area contributed by atoms with Crippen molar-refractivity contribution in [2.45, 2.75) is 0 Å². The van der Waals surface area contributed by atoms with Gasteiger partial charge in [-0.25, -0.2) is 9.59 Å². The molecular weight excluding hydrogens is 354 g/mol. The minimum absolute atomic E-state index is 0.121. The van der Waals surface area contributed by atoms with Crippen LogP contribution in [0.3, 0.4) is 0 Å². The fourth-order valence-corrected chi connectivity index (χ4v) is 2.58. The van der Waals surface area contributed by atoms with E-state index in [0.29, 0.717) is 5.39 Å². The lowest BCUT2D eigenvalue weighted by Gasteiger charge is -2.09. The van der Waals surface area contributed by atoms with Crippen LogP contribution in [0.1, 0.15) is 20.7 Å². The molecule has 0 radical (unpaired) electrons. The number of hydrogen-bond donors (Lipinski definition) is 3. The smallest absolute Gasteiger partial charge is 0.342 e. The zero-order chi connectivity index (χ0) is 19.7. The van der Waals surface area contributed by atoms with Crippen LogP contribution in [0.4, 0.5) is 5.82 Å². The molecule has 9 nitrogen and oxygen atoms in total. The fourth-order valence-electron chi connectivity index (χ4n) is 2.58. The summed E-state index contributed by atoms with van der Waals surface area (Å²) >= 11 is 0. The van der Waals surface area contributed by atoms with E-state index in [4.69, 9.17) is 10.5 Å². The molecule has 3 rings (SSSR count). The first-order valence-electron chi connectivity index (χ1n) is 7.80. The second-order valence-corrected chi connectivity index (χ2v) is 5.79. The number of phenolic OH excluding ortho intramolecular Hbond substituents is 1. The predicted octanol–water partition coefficient (Wildman–Crippen LogP) is 0.554. The molecule has 1 aromatic heterocycles. The number of fused-ring (bicyclic) bond motifs is 1. The molecule has 2 aromatic carbocycles. The van der Waals surface area contributed by atoms with Crippen molar-refractivity contribution in [3.63, 3.8) is 0 Å². The SMILES string of the molecule is Cn1c(N)c(C(=O)COC(=O)c2cc3ccccc3cc2O)c(=O)[nH]c1=O. The number of anilines is 1. The van der Waals surface area contributed by atoms with Crippen molar-refractivity contribution in [3.05, 3.63) is 68.4 Å². The van der Waals surface area contributed by atoms with E-state index < -0.39 is 35.2 Å². The molecule has 0 aliphatic rings. The van der Waals surface area contributed by atoms with Crippen LogP contribution in [0, 0.1) is 0 Å². The first-order chi connectivity index (χ1) is 12.8. The molecule has 4 N–H and O–H groups in total. The molecule has 0 amide bonds. The van der Waals surface area contributed by atoms with Crippen LogP contribution in [0.5, 0.6) is 5.75 Å². The first kappa shape index (κ1) is 17.9. The van der Waals surface area contributed by atoms with Crippen molar-refractivity contribution in [1.29, 1.82) is 0 Å². The fraction of sp³-hybridized carbons (Fsp3) is 0.111. The van der Waals surface area contributed by atoms with Gasteiger partial charge in [-0.2, -0.15) is 0 Å². The molecular formula is C18H15N3O6. The van der Waals surface area contributed by atoms with E-state index in [1.54, 1.807) is 24.3 Å². The second-order valence-electron chi connectivity index (χ2n) is 5.79. The molecule has 0 aliphatic heterocycles. The number of ketones is 1. The summed E-state index contributed by atoms with van der Waals surface area (Å²) in [7, 11) is 1.28. The molecule has 0 fully saturated rings. The molecule has 27 heavy (non-hydrogen) atoms. The molecule has 0 saturated carbocycles. The quantitative estimate of drug-likeness (QED) is 0.450. The van der Waals surface area contributed by atoms with Crippen LogP contribution >= 0.6 is 0 Å². The Labute approximate surface area is 151 Å². The number of carbonyl (C=O) groups is 2. The topological polar surface area (TPSA) is 144 Å². The number of aromatic amines is 1. The molecule has 0 saturated heterocycles. The summed E-state index contributed by atoms with van der Waals surface area (Å²) in [5, 5.41) is 11.4. The van der Waals surface area contributed by atoms with E-state index in [9.17, 15) is 24.3 Å². The van der Waals surface area contributed by atoms with Gasteiger partial charge >= 0.3 is 11.7 Å². The number of hydrogen-bond acceptors (Lipinski definition) is 7. The van der Waals surface area contributed by atoms with Crippen LogP contribution in [-0.4, -0.2) is 33.0 Å². The van der Waals surface area contributed by atoms with E-state index in [2.05, 4.69) is 0 Å². The normalized spacial score (nSPS) is 10.7. The average Bonchev–Trinajstić information content (AvgIpc) is 2.63. The number of esters is 1.